The van der Waals surface area contributed by atoms with Crippen LogP contribution in [0, 0.1) is 0 Å². The van der Waals surface area contributed by atoms with Crippen LogP contribution in [0.25, 0.3) is 0 Å². The van der Waals surface area contributed by atoms with Gasteiger partial charge in [0.1, 0.15) is 0 Å². The normalized spacial score (nSPS) is 13.2. The van der Waals surface area contributed by atoms with Gasteiger partial charge in [0.2, 0.25) is 0 Å². The summed E-state index contributed by atoms with van der Waals surface area (Å²) in [5.74, 6) is 0. The van der Waals surface area contributed by atoms with Crippen molar-refractivity contribution in [3.05, 3.63) is 35.9 Å². The van der Waals surface area contributed by atoms with Crippen molar-refractivity contribution in [3.8, 4) is 0 Å². The highest BCUT2D eigenvalue weighted by molar-refractivity contribution is 6.62. The molecule has 0 aliphatic heterocycles. The molecule has 0 heterocycles. The molecule has 0 saturated heterocycles. The number of hydrogen-bond acceptors (Lipinski definition) is 5. The van der Waals surface area contributed by atoms with Gasteiger partial charge in [-0.2, -0.15) is 0 Å². The number of rotatable bonds is 13. The average Bonchev–Trinajstić information content (AvgIpc) is 2.56. The zero-order valence-corrected chi connectivity index (χ0v) is 15.7. The summed E-state index contributed by atoms with van der Waals surface area (Å²) in [7, 11) is -2.76. The van der Waals surface area contributed by atoms with Gasteiger partial charge in [0.05, 0.1) is 0 Å². The van der Waals surface area contributed by atoms with Crippen LogP contribution in [0.3, 0.4) is 0 Å². The third-order valence-corrected chi connectivity index (χ3v) is 7.05. The summed E-state index contributed by atoms with van der Waals surface area (Å²) in [6, 6.07) is 10.4. The Morgan fingerprint density at radius 1 is 1.00 bits per heavy atom. The van der Waals surface area contributed by atoms with Crippen LogP contribution in [0.4, 0.5) is 0 Å². The highest BCUT2D eigenvalue weighted by Gasteiger charge is 2.48. The van der Waals surface area contributed by atoms with E-state index in [1.165, 1.54) is 5.56 Å². The second kappa shape index (κ2) is 11.7. The highest BCUT2D eigenvalue weighted by atomic mass is 28.4. The lowest BCUT2D eigenvalue weighted by atomic mass is 10.1. The Morgan fingerprint density at radius 3 is 2.04 bits per heavy atom. The van der Waals surface area contributed by atoms with Gasteiger partial charge in [-0.3, -0.25) is 0 Å². The molecule has 3 N–H and O–H groups in total. The maximum Gasteiger partial charge on any atom is 0.505 e. The van der Waals surface area contributed by atoms with Gasteiger partial charge in [-0.15, -0.1) is 0 Å². The van der Waals surface area contributed by atoms with Gasteiger partial charge in [-0.25, -0.2) is 0 Å². The van der Waals surface area contributed by atoms with Crippen molar-refractivity contribution < 1.29 is 13.3 Å². The highest BCUT2D eigenvalue weighted by Crippen LogP contribution is 2.29. The number of nitrogens with two attached hydrogens (primary N) is 1. The monoisotopic (exact) mass is 340 g/mol. The van der Waals surface area contributed by atoms with Crippen molar-refractivity contribution in [2.45, 2.75) is 32.7 Å². The second-order valence-electron chi connectivity index (χ2n) is 5.28. The first kappa shape index (κ1) is 20.3. The summed E-state index contributed by atoms with van der Waals surface area (Å²) in [6.45, 7) is 9.92. The molecule has 1 aromatic rings. The van der Waals surface area contributed by atoms with Crippen molar-refractivity contribution in [2.24, 2.45) is 5.73 Å². The lowest BCUT2D eigenvalue weighted by Crippen LogP contribution is -2.54. The van der Waals surface area contributed by atoms with E-state index in [1.807, 2.05) is 26.8 Å². The molecule has 23 heavy (non-hydrogen) atoms. The van der Waals surface area contributed by atoms with E-state index in [2.05, 4.69) is 29.6 Å². The first-order valence-electron chi connectivity index (χ1n) is 8.58. The smallest absolute Gasteiger partial charge is 0.374 e. The molecule has 0 aliphatic carbocycles. The van der Waals surface area contributed by atoms with Crippen LogP contribution in [-0.2, 0) is 19.7 Å². The maximum atomic E-state index is 6.10. The molecule has 0 aliphatic rings. The molecule has 0 radical (unpaired) electrons. The molecular formula is C17H32N2O3Si. The van der Waals surface area contributed by atoms with Crippen molar-refractivity contribution in [1.82, 2.24) is 5.32 Å². The molecule has 1 unspecified atom stereocenters. The Labute approximate surface area is 141 Å². The molecule has 0 aromatic heterocycles. The molecule has 1 aromatic carbocycles. The van der Waals surface area contributed by atoms with Crippen molar-refractivity contribution in [1.29, 1.82) is 0 Å². The average molecular weight is 341 g/mol. The van der Waals surface area contributed by atoms with E-state index >= 15 is 0 Å². The quantitative estimate of drug-likeness (QED) is 0.426. The fourth-order valence-electron chi connectivity index (χ4n) is 2.68. The van der Waals surface area contributed by atoms with Crippen LogP contribution < -0.4 is 11.1 Å². The molecule has 0 spiro atoms. The van der Waals surface area contributed by atoms with E-state index in [0.717, 1.165) is 19.5 Å². The van der Waals surface area contributed by atoms with E-state index in [0.29, 0.717) is 26.4 Å². The van der Waals surface area contributed by atoms with Crippen LogP contribution in [-0.4, -0.2) is 48.3 Å². The molecule has 1 atom stereocenters. The Kier molecular flexibility index (Phi) is 10.3. The van der Waals surface area contributed by atoms with Crippen molar-refractivity contribution >= 4 is 8.80 Å². The van der Waals surface area contributed by atoms with Gasteiger partial charge in [0, 0.05) is 45.0 Å². The fraction of sp³-hybridized carbons (Fsp3) is 0.647. The minimum Gasteiger partial charge on any atom is -0.374 e. The van der Waals surface area contributed by atoms with Crippen LogP contribution >= 0.6 is 0 Å². The molecule has 0 bridgehead atoms. The molecule has 5 nitrogen and oxygen atoms in total. The summed E-state index contributed by atoms with van der Waals surface area (Å²) in [5, 5.41) is 3.41. The lowest BCUT2D eigenvalue weighted by Gasteiger charge is -2.35. The van der Waals surface area contributed by atoms with Gasteiger partial charge in [-0.05, 0) is 32.8 Å². The van der Waals surface area contributed by atoms with E-state index in [4.69, 9.17) is 19.0 Å². The third kappa shape index (κ3) is 6.70. The van der Waals surface area contributed by atoms with Gasteiger partial charge in [0.15, 0.2) is 0 Å². The van der Waals surface area contributed by atoms with Crippen molar-refractivity contribution in [3.63, 3.8) is 0 Å². The molecule has 1 rings (SSSR count). The Hall–Kier alpha value is -0.763. The molecule has 0 amide bonds. The standard InChI is InChI=1S/C17H32N2O3Si/c1-4-20-23(21-5-2,22-6-3)17(15-19-13-12-18)14-16-10-8-7-9-11-16/h7-11,17,19H,4-6,12-15,18H2,1-3H3. The molecule has 0 fully saturated rings. The summed E-state index contributed by atoms with van der Waals surface area (Å²) in [5.41, 5.74) is 7.04. The van der Waals surface area contributed by atoms with Gasteiger partial charge in [-0.1, -0.05) is 30.3 Å². The van der Waals surface area contributed by atoms with Crippen LogP contribution in [0.1, 0.15) is 26.3 Å². The molecule has 0 saturated carbocycles. The summed E-state index contributed by atoms with van der Waals surface area (Å²) < 4.78 is 18.3. The summed E-state index contributed by atoms with van der Waals surface area (Å²) >= 11 is 0. The second-order valence-corrected chi connectivity index (χ2v) is 8.17. The minimum absolute atomic E-state index is 0.163. The zero-order chi connectivity index (χ0) is 17.0. The van der Waals surface area contributed by atoms with E-state index in [-0.39, 0.29) is 5.54 Å². The fourth-order valence-corrected chi connectivity index (χ4v) is 5.73. The first-order valence-corrected chi connectivity index (χ1v) is 10.4. The molecule has 132 valence electrons. The van der Waals surface area contributed by atoms with E-state index in [9.17, 15) is 0 Å². The molecular weight excluding hydrogens is 308 g/mol. The Bertz CT molecular complexity index is 389. The predicted octanol–water partition coefficient (Wildman–Crippen LogP) is 2.20. The Morgan fingerprint density at radius 2 is 1.57 bits per heavy atom. The zero-order valence-electron chi connectivity index (χ0n) is 14.7. The predicted molar refractivity (Wildman–Crippen MR) is 96.5 cm³/mol. The summed E-state index contributed by atoms with van der Waals surface area (Å²) in [6.07, 6.45) is 0.866. The summed E-state index contributed by atoms with van der Waals surface area (Å²) in [4.78, 5) is 0. The number of benzene rings is 1. The van der Waals surface area contributed by atoms with Gasteiger partial charge >= 0.3 is 8.80 Å². The number of hydrogen-bond donors (Lipinski definition) is 2. The van der Waals surface area contributed by atoms with Gasteiger partial charge < -0.3 is 24.3 Å². The third-order valence-electron chi connectivity index (χ3n) is 3.57. The maximum absolute atomic E-state index is 6.10. The topological polar surface area (TPSA) is 65.7 Å². The lowest BCUT2D eigenvalue weighted by molar-refractivity contribution is 0.0605. The molecule has 6 heteroatoms. The SMILES string of the molecule is CCO[Si](OCC)(OCC)C(CNCCN)Cc1ccccc1. The van der Waals surface area contributed by atoms with E-state index < -0.39 is 8.80 Å². The van der Waals surface area contributed by atoms with Gasteiger partial charge in [0.25, 0.3) is 0 Å². The largest absolute Gasteiger partial charge is 0.505 e. The van der Waals surface area contributed by atoms with Crippen LogP contribution in [0.15, 0.2) is 30.3 Å². The minimum atomic E-state index is -2.76. The van der Waals surface area contributed by atoms with Crippen molar-refractivity contribution in [2.75, 3.05) is 39.5 Å². The van der Waals surface area contributed by atoms with Crippen LogP contribution in [0.2, 0.25) is 5.54 Å². The Balaban J connectivity index is 2.98. The first-order chi connectivity index (χ1) is 11.2. The van der Waals surface area contributed by atoms with E-state index in [1.54, 1.807) is 0 Å². The van der Waals surface area contributed by atoms with Crippen LogP contribution in [0.5, 0.6) is 0 Å². The number of nitrogens with one attached hydrogen (secondary N) is 1.